The zero-order valence-corrected chi connectivity index (χ0v) is 11.9. The summed E-state index contributed by atoms with van der Waals surface area (Å²) < 4.78 is 0. The number of benzene rings is 1. The molecule has 106 valence electrons. The Morgan fingerprint density at radius 1 is 1.37 bits per heavy atom. The van der Waals surface area contributed by atoms with Crippen molar-refractivity contribution in [3.05, 3.63) is 35.9 Å². The summed E-state index contributed by atoms with van der Waals surface area (Å²) in [5.74, 6) is -0.0612. The van der Waals surface area contributed by atoms with Crippen LogP contribution in [-0.4, -0.2) is 30.2 Å². The number of aliphatic hydroxyl groups excluding tert-OH is 1. The number of nitrogens with one attached hydrogen (secondary N) is 2. The van der Waals surface area contributed by atoms with E-state index >= 15 is 0 Å². The van der Waals surface area contributed by atoms with E-state index in [1.165, 1.54) is 0 Å². The SMILES string of the molecule is CCNC(C)CC(=O)NC(C)(CO)c1ccccc1. The van der Waals surface area contributed by atoms with Gasteiger partial charge >= 0.3 is 0 Å². The van der Waals surface area contributed by atoms with Crippen LogP contribution in [0.15, 0.2) is 30.3 Å². The number of carbonyl (C=O) groups excluding carboxylic acids is 1. The minimum Gasteiger partial charge on any atom is -0.394 e. The van der Waals surface area contributed by atoms with Gasteiger partial charge in [-0.05, 0) is 26.0 Å². The highest BCUT2D eigenvalue weighted by Gasteiger charge is 2.27. The average Bonchev–Trinajstić information content (AvgIpc) is 2.39. The quantitative estimate of drug-likeness (QED) is 0.697. The largest absolute Gasteiger partial charge is 0.394 e. The molecule has 0 radical (unpaired) electrons. The number of aliphatic hydroxyl groups is 1. The lowest BCUT2D eigenvalue weighted by atomic mass is 9.92. The first-order valence-electron chi connectivity index (χ1n) is 6.72. The van der Waals surface area contributed by atoms with Gasteiger partial charge in [0, 0.05) is 12.5 Å². The van der Waals surface area contributed by atoms with Crippen molar-refractivity contribution >= 4 is 5.91 Å². The molecule has 0 aliphatic rings. The van der Waals surface area contributed by atoms with Crippen LogP contribution in [0.1, 0.15) is 32.8 Å². The van der Waals surface area contributed by atoms with Crippen LogP contribution >= 0.6 is 0 Å². The third-order valence-corrected chi connectivity index (χ3v) is 3.19. The third-order valence-electron chi connectivity index (χ3n) is 3.19. The molecule has 4 heteroatoms. The van der Waals surface area contributed by atoms with E-state index in [1.54, 1.807) is 0 Å². The molecule has 0 saturated carbocycles. The normalized spacial score (nSPS) is 15.6. The standard InChI is InChI=1S/C15H24N2O2/c1-4-16-12(2)10-14(19)17-15(3,11-18)13-8-6-5-7-9-13/h5-9,12,16,18H,4,10-11H2,1-3H3,(H,17,19). The predicted octanol–water partition coefficient (Wildman–Crippen LogP) is 1.40. The molecule has 4 nitrogen and oxygen atoms in total. The van der Waals surface area contributed by atoms with E-state index in [2.05, 4.69) is 10.6 Å². The van der Waals surface area contributed by atoms with Crippen molar-refractivity contribution in [2.45, 2.75) is 38.8 Å². The summed E-state index contributed by atoms with van der Waals surface area (Å²) in [6, 6.07) is 9.65. The van der Waals surface area contributed by atoms with Gasteiger partial charge in [0.05, 0.1) is 12.1 Å². The molecule has 0 heterocycles. The number of amides is 1. The number of hydrogen-bond acceptors (Lipinski definition) is 3. The molecule has 19 heavy (non-hydrogen) atoms. The highest BCUT2D eigenvalue weighted by Crippen LogP contribution is 2.19. The lowest BCUT2D eigenvalue weighted by Crippen LogP contribution is -2.47. The van der Waals surface area contributed by atoms with Crippen LogP contribution in [0.2, 0.25) is 0 Å². The summed E-state index contributed by atoms with van der Waals surface area (Å²) in [6.45, 7) is 6.53. The van der Waals surface area contributed by atoms with Crippen molar-refractivity contribution in [2.24, 2.45) is 0 Å². The highest BCUT2D eigenvalue weighted by atomic mass is 16.3. The Labute approximate surface area is 115 Å². The van der Waals surface area contributed by atoms with Gasteiger partial charge in [-0.2, -0.15) is 0 Å². The van der Waals surface area contributed by atoms with Gasteiger partial charge in [-0.1, -0.05) is 37.3 Å². The first-order valence-corrected chi connectivity index (χ1v) is 6.72. The summed E-state index contributed by atoms with van der Waals surface area (Å²) in [6.07, 6.45) is 0.399. The van der Waals surface area contributed by atoms with Crippen LogP contribution in [0.25, 0.3) is 0 Å². The second-order valence-electron chi connectivity index (χ2n) is 5.07. The molecule has 2 atom stereocenters. The molecule has 0 aliphatic carbocycles. The maximum Gasteiger partial charge on any atom is 0.222 e. The fraction of sp³-hybridized carbons (Fsp3) is 0.533. The number of carbonyl (C=O) groups is 1. The van der Waals surface area contributed by atoms with E-state index in [9.17, 15) is 9.90 Å². The fourth-order valence-electron chi connectivity index (χ4n) is 2.07. The monoisotopic (exact) mass is 264 g/mol. The lowest BCUT2D eigenvalue weighted by Gasteiger charge is -2.30. The van der Waals surface area contributed by atoms with Crippen LogP contribution in [0, 0.1) is 0 Å². The van der Waals surface area contributed by atoms with Gasteiger partial charge in [-0.3, -0.25) is 4.79 Å². The minimum atomic E-state index is -0.732. The zero-order chi connectivity index (χ0) is 14.3. The molecule has 0 fully saturated rings. The van der Waals surface area contributed by atoms with E-state index in [-0.39, 0.29) is 18.6 Å². The topological polar surface area (TPSA) is 61.4 Å². The van der Waals surface area contributed by atoms with Gasteiger partial charge in [-0.15, -0.1) is 0 Å². The molecule has 0 aromatic heterocycles. The molecule has 0 aliphatic heterocycles. The van der Waals surface area contributed by atoms with Crippen molar-refractivity contribution < 1.29 is 9.90 Å². The molecule has 1 aromatic carbocycles. The molecule has 0 spiro atoms. The van der Waals surface area contributed by atoms with Crippen LogP contribution < -0.4 is 10.6 Å². The summed E-state index contributed by atoms with van der Waals surface area (Å²) >= 11 is 0. The lowest BCUT2D eigenvalue weighted by molar-refractivity contribution is -0.124. The smallest absolute Gasteiger partial charge is 0.222 e. The van der Waals surface area contributed by atoms with Crippen molar-refractivity contribution in [3.63, 3.8) is 0 Å². The first kappa shape index (κ1) is 15.7. The van der Waals surface area contributed by atoms with E-state index in [1.807, 2.05) is 51.1 Å². The second-order valence-corrected chi connectivity index (χ2v) is 5.07. The second kappa shape index (κ2) is 7.26. The van der Waals surface area contributed by atoms with Crippen molar-refractivity contribution in [3.8, 4) is 0 Å². The van der Waals surface area contributed by atoms with Crippen LogP contribution in [0.3, 0.4) is 0 Å². The van der Waals surface area contributed by atoms with Gasteiger partial charge in [-0.25, -0.2) is 0 Å². The molecular formula is C15H24N2O2. The summed E-state index contributed by atoms with van der Waals surface area (Å²) in [4.78, 5) is 12.0. The van der Waals surface area contributed by atoms with E-state index in [4.69, 9.17) is 0 Å². The minimum absolute atomic E-state index is 0.0612. The Kier molecular flexibility index (Phi) is 5.99. The van der Waals surface area contributed by atoms with Gasteiger partial charge in [0.15, 0.2) is 0 Å². The number of rotatable bonds is 7. The van der Waals surface area contributed by atoms with Gasteiger partial charge in [0.1, 0.15) is 0 Å². The fourth-order valence-corrected chi connectivity index (χ4v) is 2.07. The molecule has 1 amide bonds. The van der Waals surface area contributed by atoms with Crippen LogP contribution in [0.5, 0.6) is 0 Å². The third kappa shape index (κ3) is 4.65. The van der Waals surface area contributed by atoms with Gasteiger partial charge in [0.25, 0.3) is 0 Å². The first-order chi connectivity index (χ1) is 9.01. The van der Waals surface area contributed by atoms with Gasteiger partial charge in [0.2, 0.25) is 5.91 Å². The molecule has 3 N–H and O–H groups in total. The zero-order valence-electron chi connectivity index (χ0n) is 11.9. The summed E-state index contributed by atoms with van der Waals surface area (Å²) in [5.41, 5.74) is 0.173. The average molecular weight is 264 g/mol. The van der Waals surface area contributed by atoms with Crippen molar-refractivity contribution in [1.29, 1.82) is 0 Å². The van der Waals surface area contributed by atoms with Crippen LogP contribution in [-0.2, 0) is 10.3 Å². The van der Waals surface area contributed by atoms with Crippen molar-refractivity contribution in [1.82, 2.24) is 10.6 Å². The molecule has 0 saturated heterocycles. The summed E-state index contributed by atoms with van der Waals surface area (Å²) in [7, 11) is 0. The van der Waals surface area contributed by atoms with Crippen LogP contribution in [0.4, 0.5) is 0 Å². The molecule has 2 unspecified atom stereocenters. The Balaban J connectivity index is 2.68. The molecule has 0 bridgehead atoms. The maximum atomic E-state index is 12.0. The summed E-state index contributed by atoms with van der Waals surface area (Å²) in [5, 5.41) is 15.7. The Hall–Kier alpha value is -1.39. The van der Waals surface area contributed by atoms with Crippen molar-refractivity contribution in [2.75, 3.05) is 13.2 Å². The van der Waals surface area contributed by atoms with E-state index in [0.29, 0.717) is 6.42 Å². The molecule has 1 aromatic rings. The Morgan fingerprint density at radius 3 is 2.53 bits per heavy atom. The molecular weight excluding hydrogens is 240 g/mol. The maximum absolute atomic E-state index is 12.0. The Morgan fingerprint density at radius 2 is 2.00 bits per heavy atom. The highest BCUT2D eigenvalue weighted by molar-refractivity contribution is 5.77. The van der Waals surface area contributed by atoms with E-state index in [0.717, 1.165) is 12.1 Å². The Bertz CT molecular complexity index is 394. The predicted molar refractivity (Wildman–Crippen MR) is 76.8 cm³/mol. The van der Waals surface area contributed by atoms with E-state index < -0.39 is 5.54 Å². The van der Waals surface area contributed by atoms with Gasteiger partial charge < -0.3 is 15.7 Å². The molecule has 1 rings (SSSR count). The number of hydrogen-bond donors (Lipinski definition) is 3.